The molecule has 0 saturated heterocycles. The highest BCUT2D eigenvalue weighted by molar-refractivity contribution is 7.91. The number of ketones is 1. The molecule has 2 fully saturated rings. The lowest BCUT2D eigenvalue weighted by Crippen LogP contribution is -2.27. The van der Waals surface area contributed by atoms with Crippen LogP contribution in [0.25, 0.3) is 0 Å². The minimum atomic E-state index is -3.72. The van der Waals surface area contributed by atoms with E-state index in [-0.39, 0.29) is 34.8 Å². The van der Waals surface area contributed by atoms with E-state index in [0.29, 0.717) is 25.2 Å². The van der Waals surface area contributed by atoms with Crippen molar-refractivity contribution in [2.24, 2.45) is 5.92 Å². The van der Waals surface area contributed by atoms with Crippen LogP contribution in [0.15, 0.2) is 39.6 Å². The number of Topliss-reactive ketones (excluding diaryl/α,β-unsaturated/α-hetero) is 1. The van der Waals surface area contributed by atoms with Crippen LogP contribution in [-0.2, 0) is 14.6 Å². The average Bonchev–Trinajstić information content (AvgIpc) is 3.35. The summed E-state index contributed by atoms with van der Waals surface area (Å²) in [6, 6.07) is 8.31. The predicted molar refractivity (Wildman–Crippen MR) is 89.6 cm³/mol. The summed E-state index contributed by atoms with van der Waals surface area (Å²) in [5, 5.41) is 7.16. The van der Waals surface area contributed by atoms with Gasteiger partial charge < -0.3 is 4.42 Å². The van der Waals surface area contributed by atoms with Crippen LogP contribution >= 0.6 is 0 Å². The largest absolute Gasteiger partial charge is 0.424 e. The Labute approximate surface area is 146 Å². The molecule has 132 valence electrons. The van der Waals surface area contributed by atoms with Gasteiger partial charge in [0.05, 0.1) is 4.90 Å². The second-order valence-corrected chi connectivity index (χ2v) is 9.00. The van der Waals surface area contributed by atoms with Crippen molar-refractivity contribution in [3.63, 3.8) is 0 Å². The standard InChI is InChI=1S/C18H20N2O4S/c21-14-6-4-5-13(11-14)16(18-20-19-17(24-18)12-9-10-12)25(22,23)15-7-2-1-3-8-15/h1-3,7-8,12-13,16H,4-6,9-11H2. The van der Waals surface area contributed by atoms with Crippen LogP contribution in [0, 0.1) is 5.92 Å². The summed E-state index contributed by atoms with van der Waals surface area (Å²) < 4.78 is 32.3. The summed E-state index contributed by atoms with van der Waals surface area (Å²) in [6.45, 7) is 0. The van der Waals surface area contributed by atoms with Gasteiger partial charge in [0.25, 0.3) is 0 Å². The van der Waals surface area contributed by atoms with Crippen molar-refractivity contribution in [1.29, 1.82) is 0 Å². The van der Waals surface area contributed by atoms with Gasteiger partial charge in [0.15, 0.2) is 9.84 Å². The molecule has 0 aliphatic heterocycles. The molecule has 2 aliphatic rings. The van der Waals surface area contributed by atoms with Crippen LogP contribution in [0.1, 0.15) is 61.5 Å². The monoisotopic (exact) mass is 360 g/mol. The molecule has 4 rings (SSSR count). The van der Waals surface area contributed by atoms with Crippen LogP contribution in [0.4, 0.5) is 0 Å². The first-order valence-electron chi connectivity index (χ1n) is 8.69. The van der Waals surface area contributed by atoms with E-state index in [0.717, 1.165) is 12.8 Å². The zero-order valence-corrected chi connectivity index (χ0v) is 14.6. The molecule has 25 heavy (non-hydrogen) atoms. The van der Waals surface area contributed by atoms with E-state index in [4.69, 9.17) is 4.42 Å². The van der Waals surface area contributed by atoms with E-state index >= 15 is 0 Å². The first kappa shape index (κ1) is 16.4. The molecule has 0 N–H and O–H groups in total. The molecule has 2 unspecified atom stereocenters. The van der Waals surface area contributed by atoms with Gasteiger partial charge in [-0.1, -0.05) is 18.2 Å². The summed E-state index contributed by atoms with van der Waals surface area (Å²) in [6.07, 6.45) is 4.14. The molecular formula is C18H20N2O4S. The van der Waals surface area contributed by atoms with Crippen LogP contribution < -0.4 is 0 Å². The lowest BCUT2D eigenvalue weighted by molar-refractivity contribution is -0.121. The highest BCUT2D eigenvalue weighted by Gasteiger charge is 2.42. The lowest BCUT2D eigenvalue weighted by atomic mass is 9.86. The summed E-state index contributed by atoms with van der Waals surface area (Å²) in [7, 11) is -3.72. The molecule has 1 aromatic carbocycles. The van der Waals surface area contributed by atoms with Gasteiger partial charge in [0.1, 0.15) is 11.0 Å². The highest BCUT2D eigenvalue weighted by Crippen LogP contribution is 2.44. The quantitative estimate of drug-likeness (QED) is 0.813. The molecule has 0 bridgehead atoms. The van der Waals surface area contributed by atoms with E-state index < -0.39 is 15.1 Å². The number of carbonyl (C=O) groups is 1. The topological polar surface area (TPSA) is 90.1 Å². The molecule has 0 radical (unpaired) electrons. The third-order valence-electron chi connectivity index (χ3n) is 4.98. The van der Waals surface area contributed by atoms with E-state index in [1.165, 1.54) is 0 Å². The highest BCUT2D eigenvalue weighted by atomic mass is 32.2. The Morgan fingerprint density at radius 3 is 2.52 bits per heavy atom. The number of hydrogen-bond acceptors (Lipinski definition) is 6. The van der Waals surface area contributed by atoms with Gasteiger partial charge in [0, 0.05) is 18.8 Å². The molecule has 1 heterocycles. The molecule has 2 atom stereocenters. The Bertz CT molecular complexity index is 871. The number of hydrogen-bond donors (Lipinski definition) is 0. The minimum Gasteiger partial charge on any atom is -0.424 e. The maximum absolute atomic E-state index is 13.3. The molecule has 0 spiro atoms. The Morgan fingerprint density at radius 2 is 1.84 bits per heavy atom. The number of sulfone groups is 1. The summed E-state index contributed by atoms with van der Waals surface area (Å²) in [5.41, 5.74) is 0. The number of benzene rings is 1. The summed E-state index contributed by atoms with van der Waals surface area (Å²) >= 11 is 0. The van der Waals surface area contributed by atoms with E-state index in [2.05, 4.69) is 10.2 Å². The number of aromatic nitrogens is 2. The summed E-state index contributed by atoms with van der Waals surface area (Å²) in [4.78, 5) is 12.2. The van der Waals surface area contributed by atoms with Crippen molar-refractivity contribution < 1.29 is 17.6 Å². The van der Waals surface area contributed by atoms with Gasteiger partial charge >= 0.3 is 0 Å². The molecule has 7 heteroatoms. The lowest BCUT2D eigenvalue weighted by Gasteiger charge is -2.27. The predicted octanol–water partition coefficient (Wildman–Crippen LogP) is 3.22. The van der Waals surface area contributed by atoms with Crippen LogP contribution in [-0.4, -0.2) is 24.4 Å². The van der Waals surface area contributed by atoms with E-state index in [9.17, 15) is 13.2 Å². The van der Waals surface area contributed by atoms with Gasteiger partial charge in [-0.15, -0.1) is 10.2 Å². The average molecular weight is 360 g/mol. The normalized spacial score (nSPS) is 22.7. The maximum Gasteiger partial charge on any atom is 0.235 e. The van der Waals surface area contributed by atoms with Crippen molar-refractivity contribution in [1.82, 2.24) is 10.2 Å². The van der Waals surface area contributed by atoms with Gasteiger partial charge in [0.2, 0.25) is 11.8 Å². The zero-order chi connectivity index (χ0) is 17.4. The Kier molecular flexibility index (Phi) is 4.19. The van der Waals surface area contributed by atoms with Crippen LogP contribution in [0.2, 0.25) is 0 Å². The van der Waals surface area contributed by atoms with Gasteiger partial charge in [-0.3, -0.25) is 4.79 Å². The number of nitrogens with zero attached hydrogens (tertiary/aromatic N) is 2. The Morgan fingerprint density at radius 1 is 1.08 bits per heavy atom. The molecule has 1 aromatic heterocycles. The third-order valence-corrected chi connectivity index (χ3v) is 7.17. The fourth-order valence-corrected chi connectivity index (χ4v) is 5.45. The second-order valence-electron chi connectivity index (χ2n) is 6.93. The SMILES string of the molecule is O=C1CCCC(C(c2nnc(C3CC3)o2)S(=O)(=O)c2ccccc2)C1. The third kappa shape index (κ3) is 3.25. The Balaban J connectivity index is 1.75. The van der Waals surface area contributed by atoms with Crippen molar-refractivity contribution in [3.8, 4) is 0 Å². The van der Waals surface area contributed by atoms with Crippen molar-refractivity contribution in [2.75, 3.05) is 0 Å². The first-order valence-corrected chi connectivity index (χ1v) is 10.2. The fourth-order valence-electron chi connectivity index (χ4n) is 3.52. The van der Waals surface area contributed by atoms with E-state index in [1.54, 1.807) is 30.3 Å². The van der Waals surface area contributed by atoms with Crippen LogP contribution in [0.3, 0.4) is 0 Å². The first-order chi connectivity index (χ1) is 12.1. The van der Waals surface area contributed by atoms with Gasteiger partial charge in [-0.2, -0.15) is 0 Å². The zero-order valence-electron chi connectivity index (χ0n) is 13.8. The molecule has 6 nitrogen and oxygen atoms in total. The smallest absolute Gasteiger partial charge is 0.235 e. The van der Waals surface area contributed by atoms with Crippen molar-refractivity contribution in [2.45, 2.75) is 54.6 Å². The summed E-state index contributed by atoms with van der Waals surface area (Å²) in [5.74, 6) is 0.690. The minimum absolute atomic E-state index is 0.103. The molecule has 2 aliphatic carbocycles. The fraction of sp³-hybridized carbons (Fsp3) is 0.500. The van der Waals surface area contributed by atoms with Crippen molar-refractivity contribution in [3.05, 3.63) is 42.1 Å². The van der Waals surface area contributed by atoms with Crippen molar-refractivity contribution >= 4 is 15.6 Å². The Hall–Kier alpha value is -2.02. The van der Waals surface area contributed by atoms with Gasteiger partial charge in [-0.05, 0) is 43.7 Å². The van der Waals surface area contributed by atoms with Crippen LogP contribution in [0.5, 0.6) is 0 Å². The second kappa shape index (κ2) is 6.37. The number of carbonyl (C=O) groups excluding carboxylic acids is 1. The van der Waals surface area contributed by atoms with E-state index in [1.807, 2.05) is 0 Å². The molecule has 2 saturated carbocycles. The molecule has 0 amide bonds. The maximum atomic E-state index is 13.3. The number of rotatable bonds is 5. The molecular weight excluding hydrogens is 340 g/mol. The van der Waals surface area contributed by atoms with Gasteiger partial charge in [-0.25, -0.2) is 8.42 Å². The molecule has 2 aromatic rings.